The Morgan fingerprint density at radius 1 is 0.782 bits per heavy atom. The second-order valence-electron chi connectivity index (χ2n) is 26.9. The highest BCUT2D eigenvalue weighted by molar-refractivity contribution is 8.76. The Hall–Kier alpha value is -8.71. The van der Waals surface area contributed by atoms with Crippen molar-refractivity contribution in [1.82, 2.24) is 31.9 Å². The number of hydrogen-bond donors (Lipinski definition) is 10. The number of Topliss-reactive ketones (excluding diaryl/α,β-unsaturated/α-hetero) is 1. The van der Waals surface area contributed by atoms with Crippen molar-refractivity contribution in [3.05, 3.63) is 119 Å². The number of rotatable bonds is 26. The fourth-order valence-corrected chi connectivity index (χ4v) is 17.1. The number of nitrogens with two attached hydrogens (primary N) is 1. The van der Waals surface area contributed by atoms with E-state index in [2.05, 4.69) is 31.9 Å². The minimum atomic E-state index is -2.30. The lowest BCUT2D eigenvalue weighted by molar-refractivity contribution is -0.346. The lowest BCUT2D eigenvalue weighted by Crippen LogP contribution is -2.81. The number of nitrogens with one attached hydrogen (secondary N) is 7. The van der Waals surface area contributed by atoms with E-state index in [0.29, 0.717) is 28.7 Å². The van der Waals surface area contributed by atoms with Gasteiger partial charge in [0.2, 0.25) is 41.5 Å². The van der Waals surface area contributed by atoms with Crippen LogP contribution in [0.3, 0.4) is 0 Å². The molecule has 3 aromatic rings. The zero-order chi connectivity index (χ0) is 73.7. The SMILES string of the molecule is CO[C@H]1C[C@H]2OC[C@@]2(OC(C)=O)[C@H]2[C@H](OC(=O)c3ccccc3)[C@]3(O)C[C@H](OC(=O)[C@H](OC(=O)CCCSSC[C@@H]4NC(=O)[C@@H](Cc5ccccc5)NC(=O)[C@H](CC(=O)O)NC(=O)CNC(=O)[C@H](CCCCC(=N)N)NC4=O)[C@@H](NC(C)=O)c4ccccc4)C(C)=C([C@@H](C)C(=O)[C@]12C)C3(C)C. The summed E-state index contributed by atoms with van der Waals surface area (Å²) in [5.74, 6) is -13.2. The third-order valence-corrected chi connectivity index (χ3v) is 22.3. The van der Waals surface area contributed by atoms with Crippen LogP contribution in [0.15, 0.2) is 102 Å². The van der Waals surface area contributed by atoms with Crippen molar-refractivity contribution in [3.8, 4) is 0 Å². The number of methoxy groups -OCH3 is 1. The quantitative estimate of drug-likeness (QED) is 0.0104. The molecule has 3 aromatic carbocycles. The van der Waals surface area contributed by atoms with Gasteiger partial charge in [-0.1, -0.05) is 128 Å². The predicted molar refractivity (Wildman–Crippen MR) is 368 cm³/mol. The maximum Gasteiger partial charge on any atom is 0.350 e. The molecule has 28 nitrogen and oxygen atoms in total. The number of esters is 4. The molecule has 2 heterocycles. The van der Waals surface area contributed by atoms with Gasteiger partial charge in [0.1, 0.15) is 59.9 Å². The van der Waals surface area contributed by atoms with E-state index in [1.54, 1.807) is 113 Å². The first-order valence-corrected chi connectivity index (χ1v) is 36.0. The number of unbranched alkanes of at least 4 members (excludes halogenated alkanes) is 1. The molecule has 2 aliphatic heterocycles. The number of amides is 6. The summed E-state index contributed by atoms with van der Waals surface area (Å²) in [5.41, 5.74) is 0.145. The molecule has 4 fully saturated rings. The third kappa shape index (κ3) is 18.0. The second-order valence-corrected chi connectivity index (χ2v) is 29.5. The molecule has 2 bridgehead atoms. The minimum Gasteiger partial charge on any atom is -0.481 e. The Kier molecular flexibility index (Phi) is 26.1. The number of amidine groups is 1. The molecular weight excluding hydrogens is 1350 g/mol. The number of benzene rings is 3. The van der Waals surface area contributed by atoms with Gasteiger partial charge < -0.3 is 76.3 Å². The van der Waals surface area contributed by atoms with Crippen LogP contribution in [-0.4, -0.2) is 185 Å². The Morgan fingerprint density at radius 2 is 1.41 bits per heavy atom. The lowest BCUT2D eigenvalue weighted by Gasteiger charge is -2.68. The largest absolute Gasteiger partial charge is 0.481 e. The first-order chi connectivity index (χ1) is 47.9. The van der Waals surface area contributed by atoms with E-state index in [9.17, 15) is 58.2 Å². The van der Waals surface area contributed by atoms with Gasteiger partial charge in [-0.15, -0.1) is 0 Å². The highest BCUT2D eigenvalue weighted by Gasteiger charge is 2.78. The average Bonchev–Trinajstić information content (AvgIpc) is 0.671. The molecule has 0 aromatic heterocycles. The van der Waals surface area contributed by atoms with Crippen LogP contribution in [0, 0.1) is 28.1 Å². The first kappa shape index (κ1) is 78.0. The van der Waals surface area contributed by atoms with Gasteiger partial charge in [-0.25, -0.2) is 9.59 Å². The summed E-state index contributed by atoms with van der Waals surface area (Å²) < 4.78 is 37.7. The first-order valence-electron chi connectivity index (χ1n) is 33.5. The van der Waals surface area contributed by atoms with E-state index in [4.69, 9.17) is 39.6 Å². The molecule has 0 radical (unpaired) electrons. The number of carboxylic acids is 1. The number of aliphatic carboxylic acids is 1. The van der Waals surface area contributed by atoms with E-state index in [1.807, 2.05) is 0 Å². The second kappa shape index (κ2) is 33.8. The Bertz CT molecular complexity index is 3640. The van der Waals surface area contributed by atoms with Crippen molar-refractivity contribution in [3.63, 3.8) is 0 Å². The van der Waals surface area contributed by atoms with E-state index < -0.39 is 185 Å². The molecule has 3 aliphatic carbocycles. The third-order valence-electron chi connectivity index (χ3n) is 19.8. The van der Waals surface area contributed by atoms with Crippen LogP contribution in [-0.2, 0) is 87.6 Å². The lowest BCUT2D eigenvalue weighted by atomic mass is 9.43. The molecule has 0 unspecified atom stereocenters. The number of carbonyl (C=O) groups excluding carboxylic acids is 11. The topological polar surface area (TPSA) is 423 Å². The van der Waals surface area contributed by atoms with E-state index in [0.717, 1.165) is 10.8 Å². The zero-order valence-corrected chi connectivity index (χ0v) is 59.3. The zero-order valence-electron chi connectivity index (χ0n) is 57.6. The molecule has 5 aliphatic rings. The molecule has 30 heteroatoms. The van der Waals surface area contributed by atoms with Gasteiger partial charge in [0.15, 0.2) is 5.60 Å². The van der Waals surface area contributed by atoms with Crippen molar-refractivity contribution in [2.45, 2.75) is 185 Å². The summed E-state index contributed by atoms with van der Waals surface area (Å²) in [4.78, 5) is 168. The van der Waals surface area contributed by atoms with Crippen molar-refractivity contribution in [2.75, 3.05) is 31.8 Å². The molecule has 11 N–H and O–H groups in total. The number of fused-ring (bicyclic) bond motifs is 5. The Morgan fingerprint density at radius 3 is 2.02 bits per heavy atom. The fourth-order valence-electron chi connectivity index (χ4n) is 14.8. The van der Waals surface area contributed by atoms with Crippen LogP contribution in [0.5, 0.6) is 0 Å². The Labute approximate surface area is 592 Å². The van der Waals surface area contributed by atoms with Gasteiger partial charge in [-0.3, -0.25) is 53.4 Å². The summed E-state index contributed by atoms with van der Waals surface area (Å²) in [6.07, 6.45) is -7.79. The maximum absolute atomic E-state index is 15.9. The average molecular weight is 1440 g/mol. The van der Waals surface area contributed by atoms with Crippen LogP contribution in [0.1, 0.15) is 134 Å². The van der Waals surface area contributed by atoms with Gasteiger partial charge in [0.25, 0.3) is 0 Å². The standard InChI is InChI=1S/C71H90N8O20S2/c1-38-49(34-71(93)61(98-66(91)44-25-16-11-17-26-44)59-69(7,60(86)39(2)56(38)68(71,5)6)50(94-8)33-51-70(59,37-95-51)99-41(4)81)96-67(92)58(57(75-40(3)80)43-23-14-10-15-24-43)97-55(85)29-20-30-100-101-36-48-65(90)77-45(27-18-19-28-52(72)73)62(87)74-35-53(82)76-47(32-54(83)84)64(89)78-46(63(88)79-48)31-42-21-12-9-13-22-42/h9-17,21-26,39,45-51,57-59,61,93H,18-20,27-37H2,1-8H3,(H3,72,73)(H,74,87)(H,75,80)(H,76,82)(H,77,90)(H,78,89)(H,79,88)(H,83,84)/t39-,45+,46-,47+,48+,49+,50+,51-,57+,58-,59+,61+,69-,70+,71-/m1/s1. The molecule has 0 spiro atoms. The van der Waals surface area contributed by atoms with Gasteiger partial charge >= 0.3 is 29.8 Å². The number of carbonyl (C=O) groups is 12. The number of hydrogen-bond acceptors (Lipinski definition) is 22. The molecule has 2 saturated heterocycles. The van der Waals surface area contributed by atoms with Crippen molar-refractivity contribution in [2.24, 2.45) is 28.4 Å². The van der Waals surface area contributed by atoms with Crippen LogP contribution in [0.4, 0.5) is 0 Å². The normalized spacial score (nSPS) is 28.7. The molecular formula is C71H90N8O20S2. The van der Waals surface area contributed by atoms with Crippen LogP contribution >= 0.6 is 21.6 Å². The monoisotopic (exact) mass is 1440 g/mol. The fraction of sp³-hybridized carbons (Fsp3) is 0.535. The Balaban J connectivity index is 1.06. The molecule has 6 amide bonds. The summed E-state index contributed by atoms with van der Waals surface area (Å²) in [7, 11) is 3.69. The van der Waals surface area contributed by atoms with Crippen molar-refractivity contribution < 1.29 is 96.2 Å². The highest BCUT2D eigenvalue weighted by atomic mass is 33.1. The predicted octanol–water partition coefficient (Wildman–Crippen LogP) is 3.80. The van der Waals surface area contributed by atoms with Crippen LogP contribution < -0.4 is 37.6 Å². The van der Waals surface area contributed by atoms with Gasteiger partial charge in [0.05, 0.1) is 48.4 Å². The number of ketones is 1. The molecule has 546 valence electrons. The summed E-state index contributed by atoms with van der Waals surface area (Å²) >= 11 is 0. The molecule has 15 atom stereocenters. The van der Waals surface area contributed by atoms with Crippen molar-refractivity contribution >= 4 is 98.5 Å². The summed E-state index contributed by atoms with van der Waals surface area (Å²) in [6, 6.07) is 17.4. The maximum atomic E-state index is 15.9. The van der Waals surface area contributed by atoms with Gasteiger partial charge in [0, 0.05) is 75.9 Å². The van der Waals surface area contributed by atoms with Gasteiger partial charge in [-0.05, 0) is 67.5 Å². The summed E-state index contributed by atoms with van der Waals surface area (Å²) in [5, 5.41) is 46.8. The molecule has 101 heavy (non-hydrogen) atoms. The van der Waals surface area contributed by atoms with E-state index in [-0.39, 0.29) is 74.5 Å². The number of ether oxygens (including phenoxy) is 6. The van der Waals surface area contributed by atoms with E-state index in [1.165, 1.54) is 43.9 Å². The molecule has 8 rings (SSSR count). The van der Waals surface area contributed by atoms with Crippen LogP contribution in [0.2, 0.25) is 0 Å². The summed E-state index contributed by atoms with van der Waals surface area (Å²) in [6.45, 7) is 9.82. The van der Waals surface area contributed by atoms with Gasteiger partial charge in [-0.2, -0.15) is 0 Å². The smallest absolute Gasteiger partial charge is 0.350 e. The number of carboxylic acid groups (broad SMARTS) is 1. The van der Waals surface area contributed by atoms with Crippen molar-refractivity contribution in [1.29, 1.82) is 5.41 Å². The number of aliphatic hydroxyl groups is 1. The molecule has 2 saturated carbocycles. The minimum absolute atomic E-state index is 0.00237. The van der Waals surface area contributed by atoms with Crippen LogP contribution in [0.25, 0.3) is 0 Å². The van der Waals surface area contributed by atoms with E-state index >= 15 is 9.59 Å². The highest BCUT2D eigenvalue weighted by Crippen LogP contribution is 2.65.